The third-order valence-electron chi connectivity index (χ3n) is 3.41. The first-order chi connectivity index (χ1) is 10.8. The fourth-order valence-electron chi connectivity index (χ4n) is 2.28. The molecule has 126 valence electrons. The zero-order chi connectivity index (χ0) is 17.0. The van der Waals surface area contributed by atoms with E-state index >= 15 is 0 Å². The molecule has 8 nitrogen and oxygen atoms in total. The summed E-state index contributed by atoms with van der Waals surface area (Å²) in [5.74, 6) is -0.0285. The maximum Gasteiger partial charge on any atom is 0.410 e. The molecule has 0 radical (unpaired) electrons. The van der Waals surface area contributed by atoms with Crippen LogP contribution in [0.25, 0.3) is 0 Å². The molecule has 23 heavy (non-hydrogen) atoms. The summed E-state index contributed by atoms with van der Waals surface area (Å²) in [6.07, 6.45) is 1.33. The SMILES string of the molecule is CC(C)(C)OC(=O)N1CCN(c2ccnc(/C(N)=N/O)c2)CC1. The molecule has 0 unspecified atom stereocenters. The second kappa shape index (κ2) is 6.72. The van der Waals surface area contributed by atoms with Crippen molar-refractivity contribution in [2.24, 2.45) is 10.9 Å². The number of hydrogen-bond donors (Lipinski definition) is 2. The molecule has 0 aliphatic carbocycles. The summed E-state index contributed by atoms with van der Waals surface area (Å²) < 4.78 is 5.38. The topological polar surface area (TPSA) is 104 Å². The molecule has 0 aromatic carbocycles. The normalized spacial score (nSPS) is 16.4. The highest BCUT2D eigenvalue weighted by atomic mass is 16.6. The summed E-state index contributed by atoms with van der Waals surface area (Å²) in [6.45, 7) is 8.08. The smallest absolute Gasteiger partial charge is 0.410 e. The highest BCUT2D eigenvalue weighted by Crippen LogP contribution is 2.18. The number of aromatic nitrogens is 1. The molecule has 0 bridgehead atoms. The van der Waals surface area contributed by atoms with Crippen LogP contribution in [0.5, 0.6) is 0 Å². The first-order valence-electron chi connectivity index (χ1n) is 7.47. The van der Waals surface area contributed by atoms with Gasteiger partial charge in [-0.15, -0.1) is 0 Å². The molecular formula is C15H23N5O3. The van der Waals surface area contributed by atoms with E-state index in [0.717, 1.165) is 5.69 Å². The van der Waals surface area contributed by atoms with Gasteiger partial charge in [0.15, 0.2) is 5.84 Å². The van der Waals surface area contributed by atoms with Gasteiger partial charge in [-0.1, -0.05) is 5.16 Å². The van der Waals surface area contributed by atoms with Gasteiger partial charge in [0.2, 0.25) is 0 Å². The van der Waals surface area contributed by atoms with Gasteiger partial charge in [-0.2, -0.15) is 0 Å². The van der Waals surface area contributed by atoms with Crippen LogP contribution in [0.15, 0.2) is 23.5 Å². The van der Waals surface area contributed by atoms with E-state index in [1.807, 2.05) is 26.8 Å². The number of ether oxygens (including phenoxy) is 1. The Hall–Kier alpha value is -2.51. The fraction of sp³-hybridized carbons (Fsp3) is 0.533. The number of hydrogen-bond acceptors (Lipinski definition) is 6. The molecule has 1 aromatic rings. The summed E-state index contributed by atoms with van der Waals surface area (Å²) in [7, 11) is 0. The third kappa shape index (κ3) is 4.48. The molecule has 1 aromatic heterocycles. The maximum atomic E-state index is 12.1. The lowest BCUT2D eigenvalue weighted by Crippen LogP contribution is -2.50. The molecule has 8 heteroatoms. The molecule has 2 rings (SSSR count). The molecule has 0 spiro atoms. The summed E-state index contributed by atoms with van der Waals surface area (Å²) >= 11 is 0. The Labute approximate surface area is 135 Å². The summed E-state index contributed by atoms with van der Waals surface area (Å²) in [4.78, 5) is 19.9. The van der Waals surface area contributed by atoms with E-state index < -0.39 is 5.60 Å². The second-order valence-corrected chi connectivity index (χ2v) is 6.34. The number of anilines is 1. The molecule has 0 saturated carbocycles. The van der Waals surface area contributed by atoms with Crippen molar-refractivity contribution in [1.82, 2.24) is 9.88 Å². The minimum Gasteiger partial charge on any atom is -0.444 e. The van der Waals surface area contributed by atoms with Crippen molar-refractivity contribution in [2.75, 3.05) is 31.1 Å². The summed E-state index contributed by atoms with van der Waals surface area (Å²) in [6, 6.07) is 3.62. The lowest BCUT2D eigenvalue weighted by molar-refractivity contribution is 0.0240. The molecular weight excluding hydrogens is 298 g/mol. The Balaban J connectivity index is 1.98. The van der Waals surface area contributed by atoms with Gasteiger partial charge in [-0.25, -0.2) is 4.79 Å². The quantitative estimate of drug-likeness (QED) is 0.367. The lowest BCUT2D eigenvalue weighted by atomic mass is 10.2. The van der Waals surface area contributed by atoms with Crippen LogP contribution >= 0.6 is 0 Å². The van der Waals surface area contributed by atoms with Gasteiger partial charge >= 0.3 is 6.09 Å². The van der Waals surface area contributed by atoms with Crippen molar-refractivity contribution in [3.05, 3.63) is 24.0 Å². The van der Waals surface area contributed by atoms with E-state index in [1.54, 1.807) is 17.2 Å². The van der Waals surface area contributed by atoms with Gasteiger partial charge in [-0.3, -0.25) is 4.98 Å². The van der Waals surface area contributed by atoms with Crippen LogP contribution in [0.2, 0.25) is 0 Å². The number of amides is 1. The summed E-state index contributed by atoms with van der Waals surface area (Å²) in [5.41, 5.74) is 6.41. The lowest BCUT2D eigenvalue weighted by Gasteiger charge is -2.36. The third-order valence-corrected chi connectivity index (χ3v) is 3.41. The maximum absolute atomic E-state index is 12.1. The van der Waals surface area contributed by atoms with Crippen LogP contribution in [-0.4, -0.2) is 58.8 Å². The number of carbonyl (C=O) groups excluding carboxylic acids is 1. The molecule has 3 N–H and O–H groups in total. The first kappa shape index (κ1) is 16.9. The molecule has 1 saturated heterocycles. The number of rotatable bonds is 2. The van der Waals surface area contributed by atoms with E-state index in [1.165, 1.54) is 0 Å². The zero-order valence-electron chi connectivity index (χ0n) is 13.7. The van der Waals surface area contributed by atoms with Gasteiger partial charge in [0, 0.05) is 38.1 Å². The number of nitrogens with zero attached hydrogens (tertiary/aromatic N) is 4. The van der Waals surface area contributed by atoms with Crippen molar-refractivity contribution in [3.8, 4) is 0 Å². The van der Waals surface area contributed by atoms with Crippen molar-refractivity contribution < 1.29 is 14.7 Å². The number of pyridine rings is 1. The number of nitrogens with two attached hydrogens (primary N) is 1. The Kier molecular flexibility index (Phi) is 4.92. The first-order valence-corrected chi connectivity index (χ1v) is 7.47. The Morgan fingerprint density at radius 3 is 2.57 bits per heavy atom. The van der Waals surface area contributed by atoms with Crippen LogP contribution in [0.4, 0.5) is 10.5 Å². The van der Waals surface area contributed by atoms with Gasteiger partial charge in [0.1, 0.15) is 11.3 Å². The van der Waals surface area contributed by atoms with Crippen LogP contribution in [0.1, 0.15) is 26.5 Å². The Morgan fingerprint density at radius 1 is 1.35 bits per heavy atom. The number of piperazine rings is 1. The van der Waals surface area contributed by atoms with E-state index in [0.29, 0.717) is 31.9 Å². The highest BCUT2D eigenvalue weighted by molar-refractivity contribution is 5.95. The standard InChI is InChI=1S/C15H23N5O3/c1-15(2,3)23-14(21)20-8-6-19(7-9-20)11-4-5-17-12(10-11)13(16)18-22/h4-5,10,22H,6-9H2,1-3H3,(H2,16,18). The van der Waals surface area contributed by atoms with E-state index in [4.69, 9.17) is 15.7 Å². The Bertz CT molecular complexity index is 589. The van der Waals surface area contributed by atoms with Crippen molar-refractivity contribution in [1.29, 1.82) is 0 Å². The van der Waals surface area contributed by atoms with Crippen LogP contribution in [0.3, 0.4) is 0 Å². The minimum absolute atomic E-state index is 0.0285. The van der Waals surface area contributed by atoms with Crippen molar-refractivity contribution >= 4 is 17.6 Å². The predicted molar refractivity (Wildman–Crippen MR) is 86.8 cm³/mol. The molecule has 2 heterocycles. The average Bonchev–Trinajstić information content (AvgIpc) is 2.53. The van der Waals surface area contributed by atoms with Crippen LogP contribution in [-0.2, 0) is 4.74 Å². The highest BCUT2D eigenvalue weighted by Gasteiger charge is 2.26. The molecule has 1 aliphatic heterocycles. The fourth-order valence-corrected chi connectivity index (χ4v) is 2.28. The largest absolute Gasteiger partial charge is 0.444 e. The second-order valence-electron chi connectivity index (χ2n) is 6.34. The van der Waals surface area contributed by atoms with Gasteiger partial charge in [0.05, 0.1) is 0 Å². The Morgan fingerprint density at radius 2 is 2.00 bits per heavy atom. The number of oxime groups is 1. The van der Waals surface area contributed by atoms with E-state index in [2.05, 4.69) is 15.0 Å². The zero-order valence-corrected chi connectivity index (χ0v) is 13.7. The van der Waals surface area contributed by atoms with E-state index in [-0.39, 0.29) is 11.9 Å². The van der Waals surface area contributed by atoms with Crippen LogP contribution < -0.4 is 10.6 Å². The van der Waals surface area contributed by atoms with Gasteiger partial charge < -0.3 is 25.5 Å². The van der Waals surface area contributed by atoms with Gasteiger partial charge in [0.25, 0.3) is 0 Å². The van der Waals surface area contributed by atoms with Crippen LogP contribution in [0, 0.1) is 0 Å². The number of amidine groups is 1. The predicted octanol–water partition coefficient (Wildman–Crippen LogP) is 1.23. The molecule has 0 atom stereocenters. The summed E-state index contributed by atoms with van der Waals surface area (Å²) in [5, 5.41) is 11.7. The number of carbonyl (C=O) groups is 1. The monoisotopic (exact) mass is 321 g/mol. The van der Waals surface area contributed by atoms with Crippen molar-refractivity contribution in [2.45, 2.75) is 26.4 Å². The molecule has 1 amide bonds. The van der Waals surface area contributed by atoms with Gasteiger partial charge in [-0.05, 0) is 32.9 Å². The van der Waals surface area contributed by atoms with Crippen molar-refractivity contribution in [3.63, 3.8) is 0 Å². The minimum atomic E-state index is -0.491. The molecule has 1 fully saturated rings. The average molecular weight is 321 g/mol. The molecule has 1 aliphatic rings. The van der Waals surface area contributed by atoms with E-state index in [9.17, 15) is 4.79 Å².